The fourth-order valence-corrected chi connectivity index (χ4v) is 2.15. The minimum absolute atomic E-state index is 0.212. The zero-order valence-electron chi connectivity index (χ0n) is 12.8. The number of morpholine rings is 1. The number of anilines is 2. The van der Waals surface area contributed by atoms with Gasteiger partial charge in [0.2, 0.25) is 0 Å². The molecule has 6 nitrogen and oxygen atoms in total. The number of rotatable bonds is 5. The number of likely N-dealkylation sites (N-methyl/N-ethyl adjacent to an activating group) is 1. The summed E-state index contributed by atoms with van der Waals surface area (Å²) in [6.45, 7) is 7.71. The quantitative estimate of drug-likeness (QED) is 0.849. The van der Waals surface area contributed by atoms with Crippen molar-refractivity contribution >= 4 is 11.6 Å². The highest BCUT2D eigenvalue weighted by molar-refractivity contribution is 5.47. The molecule has 1 aromatic heterocycles. The summed E-state index contributed by atoms with van der Waals surface area (Å²) >= 11 is 0. The van der Waals surface area contributed by atoms with E-state index in [-0.39, 0.29) is 6.10 Å². The smallest absolute Gasteiger partial charge is 0.135 e. The molecule has 0 bridgehead atoms. The third-order valence-corrected chi connectivity index (χ3v) is 3.37. The van der Waals surface area contributed by atoms with Crippen molar-refractivity contribution in [3.05, 3.63) is 11.9 Å². The molecule has 6 heteroatoms. The number of hydrogen-bond acceptors (Lipinski definition) is 6. The van der Waals surface area contributed by atoms with Crippen molar-refractivity contribution in [2.75, 3.05) is 51.0 Å². The summed E-state index contributed by atoms with van der Waals surface area (Å²) in [5, 5.41) is 6.44. The average molecular weight is 279 g/mol. The molecule has 0 aliphatic carbocycles. The minimum Gasteiger partial charge on any atom is -0.374 e. The molecule has 0 spiro atoms. The van der Waals surface area contributed by atoms with Crippen LogP contribution in [0.2, 0.25) is 0 Å². The van der Waals surface area contributed by atoms with Crippen molar-refractivity contribution in [3.8, 4) is 0 Å². The van der Waals surface area contributed by atoms with Gasteiger partial charge in [-0.25, -0.2) is 9.97 Å². The third kappa shape index (κ3) is 4.05. The Hall–Kier alpha value is -1.40. The lowest BCUT2D eigenvalue weighted by Gasteiger charge is -2.30. The Morgan fingerprint density at radius 1 is 1.40 bits per heavy atom. The maximum Gasteiger partial charge on any atom is 0.135 e. The van der Waals surface area contributed by atoms with E-state index >= 15 is 0 Å². The molecule has 1 atom stereocenters. The molecule has 1 aromatic rings. The van der Waals surface area contributed by atoms with Crippen molar-refractivity contribution in [2.24, 2.45) is 0 Å². The molecule has 1 unspecified atom stereocenters. The second-order valence-corrected chi connectivity index (χ2v) is 5.54. The maximum atomic E-state index is 5.74. The number of aromatic nitrogens is 2. The van der Waals surface area contributed by atoms with Gasteiger partial charge in [-0.15, -0.1) is 0 Å². The van der Waals surface area contributed by atoms with Crippen LogP contribution in [0.3, 0.4) is 0 Å². The number of hydrogen-bond donors (Lipinski definition) is 2. The van der Waals surface area contributed by atoms with Gasteiger partial charge in [0.25, 0.3) is 0 Å². The number of nitrogens with zero attached hydrogens (tertiary/aromatic N) is 3. The Labute approximate surface area is 120 Å². The van der Waals surface area contributed by atoms with Crippen molar-refractivity contribution < 1.29 is 4.74 Å². The van der Waals surface area contributed by atoms with Crippen LogP contribution < -0.4 is 10.6 Å². The Morgan fingerprint density at radius 2 is 2.15 bits per heavy atom. The zero-order chi connectivity index (χ0) is 14.5. The summed E-state index contributed by atoms with van der Waals surface area (Å²) in [4.78, 5) is 11.3. The van der Waals surface area contributed by atoms with Crippen LogP contribution >= 0.6 is 0 Å². The van der Waals surface area contributed by atoms with Gasteiger partial charge in [0.1, 0.15) is 17.5 Å². The van der Waals surface area contributed by atoms with Gasteiger partial charge in [-0.1, -0.05) is 13.8 Å². The van der Waals surface area contributed by atoms with E-state index in [9.17, 15) is 0 Å². The first kappa shape index (κ1) is 15.0. The first-order chi connectivity index (χ1) is 9.58. The normalized spacial score (nSPS) is 20.1. The van der Waals surface area contributed by atoms with Crippen LogP contribution in [-0.2, 0) is 4.74 Å². The van der Waals surface area contributed by atoms with Gasteiger partial charge in [0.15, 0.2) is 0 Å². The lowest BCUT2D eigenvalue weighted by Crippen LogP contribution is -2.43. The van der Waals surface area contributed by atoms with Gasteiger partial charge in [-0.2, -0.15) is 0 Å². The molecule has 0 radical (unpaired) electrons. The molecule has 0 amide bonds. The third-order valence-electron chi connectivity index (χ3n) is 3.37. The van der Waals surface area contributed by atoms with Crippen molar-refractivity contribution in [1.29, 1.82) is 0 Å². The Kier molecular flexibility index (Phi) is 5.14. The Morgan fingerprint density at radius 3 is 2.80 bits per heavy atom. The van der Waals surface area contributed by atoms with E-state index in [0.29, 0.717) is 5.92 Å². The van der Waals surface area contributed by atoms with Crippen molar-refractivity contribution in [1.82, 2.24) is 14.9 Å². The van der Waals surface area contributed by atoms with Gasteiger partial charge in [0, 0.05) is 38.7 Å². The summed E-state index contributed by atoms with van der Waals surface area (Å²) in [5.74, 6) is 2.85. The van der Waals surface area contributed by atoms with E-state index in [1.165, 1.54) is 0 Å². The molecule has 2 heterocycles. The molecular weight excluding hydrogens is 254 g/mol. The predicted octanol–water partition coefficient (Wildman–Crippen LogP) is 1.38. The van der Waals surface area contributed by atoms with Gasteiger partial charge in [-0.3, -0.25) is 0 Å². The first-order valence-corrected chi connectivity index (χ1v) is 7.19. The molecule has 112 valence electrons. The van der Waals surface area contributed by atoms with E-state index in [2.05, 4.69) is 46.4 Å². The van der Waals surface area contributed by atoms with Crippen LogP contribution in [0, 0.1) is 0 Å². The standard InChI is InChI=1S/C14H25N5O/c1-10(2)14-17-12(15-3)7-13(18-14)16-8-11-9-19(4)5-6-20-11/h7,10-11H,5-6,8-9H2,1-4H3,(H2,15,16,17,18). The van der Waals surface area contributed by atoms with E-state index in [1.54, 1.807) is 0 Å². The minimum atomic E-state index is 0.212. The summed E-state index contributed by atoms with van der Waals surface area (Å²) in [5.41, 5.74) is 0. The Bertz CT molecular complexity index is 438. The average Bonchev–Trinajstić information content (AvgIpc) is 2.45. The monoisotopic (exact) mass is 279 g/mol. The van der Waals surface area contributed by atoms with Crippen LogP contribution in [0.4, 0.5) is 11.6 Å². The summed E-state index contributed by atoms with van der Waals surface area (Å²) in [6, 6.07) is 1.93. The molecule has 1 saturated heterocycles. The molecule has 1 aliphatic rings. The van der Waals surface area contributed by atoms with E-state index in [4.69, 9.17) is 4.74 Å². The van der Waals surface area contributed by atoms with Crippen LogP contribution in [0.1, 0.15) is 25.6 Å². The molecule has 2 N–H and O–H groups in total. The SMILES string of the molecule is CNc1cc(NCC2CN(C)CCO2)nc(C(C)C)n1. The lowest BCUT2D eigenvalue weighted by molar-refractivity contribution is -0.0117. The van der Waals surface area contributed by atoms with Gasteiger partial charge >= 0.3 is 0 Å². The largest absolute Gasteiger partial charge is 0.374 e. The van der Waals surface area contributed by atoms with E-state index in [0.717, 1.165) is 43.7 Å². The second kappa shape index (κ2) is 6.85. The number of ether oxygens (including phenoxy) is 1. The molecule has 2 rings (SSSR count). The topological polar surface area (TPSA) is 62.3 Å². The fraction of sp³-hybridized carbons (Fsp3) is 0.714. The summed E-state index contributed by atoms with van der Waals surface area (Å²) < 4.78 is 5.74. The van der Waals surface area contributed by atoms with E-state index < -0.39 is 0 Å². The molecule has 0 saturated carbocycles. The van der Waals surface area contributed by atoms with Crippen molar-refractivity contribution in [3.63, 3.8) is 0 Å². The highest BCUT2D eigenvalue weighted by atomic mass is 16.5. The van der Waals surface area contributed by atoms with Gasteiger partial charge in [0.05, 0.1) is 12.7 Å². The van der Waals surface area contributed by atoms with Crippen LogP contribution in [0.5, 0.6) is 0 Å². The van der Waals surface area contributed by atoms with Crippen molar-refractivity contribution in [2.45, 2.75) is 25.9 Å². The van der Waals surface area contributed by atoms with Gasteiger partial charge in [-0.05, 0) is 7.05 Å². The lowest BCUT2D eigenvalue weighted by atomic mass is 10.2. The van der Waals surface area contributed by atoms with Crippen LogP contribution in [0.15, 0.2) is 6.07 Å². The first-order valence-electron chi connectivity index (χ1n) is 7.19. The molecule has 0 aromatic carbocycles. The fourth-order valence-electron chi connectivity index (χ4n) is 2.15. The maximum absolute atomic E-state index is 5.74. The molecule has 20 heavy (non-hydrogen) atoms. The molecular formula is C14H25N5O. The highest BCUT2D eigenvalue weighted by Gasteiger charge is 2.17. The zero-order valence-corrected chi connectivity index (χ0v) is 12.8. The van der Waals surface area contributed by atoms with Crippen LogP contribution in [-0.4, -0.2) is 61.3 Å². The van der Waals surface area contributed by atoms with E-state index in [1.807, 2.05) is 13.1 Å². The summed E-state index contributed by atoms with van der Waals surface area (Å²) in [7, 11) is 3.99. The highest BCUT2D eigenvalue weighted by Crippen LogP contribution is 2.17. The second-order valence-electron chi connectivity index (χ2n) is 5.54. The van der Waals surface area contributed by atoms with Gasteiger partial charge < -0.3 is 20.3 Å². The number of nitrogens with one attached hydrogen (secondary N) is 2. The Balaban J connectivity index is 1.99. The summed E-state index contributed by atoms with van der Waals surface area (Å²) in [6.07, 6.45) is 0.212. The molecule has 1 fully saturated rings. The van der Waals surface area contributed by atoms with Crippen LogP contribution in [0.25, 0.3) is 0 Å². The predicted molar refractivity (Wildman–Crippen MR) is 81.4 cm³/mol. The molecule has 1 aliphatic heterocycles.